The SMILES string of the molecule is CCC1(CC)C(=O)N(C)C(=O)N=C1N. The number of amides is 3. The fourth-order valence-corrected chi connectivity index (χ4v) is 1.72. The summed E-state index contributed by atoms with van der Waals surface area (Å²) < 4.78 is 0. The first kappa shape index (κ1) is 10.7. The van der Waals surface area contributed by atoms with E-state index in [1.807, 2.05) is 13.8 Å². The van der Waals surface area contributed by atoms with Gasteiger partial charge in [-0.15, -0.1) is 0 Å². The molecule has 0 fully saturated rings. The highest BCUT2D eigenvalue weighted by molar-refractivity contribution is 6.18. The second kappa shape index (κ2) is 3.40. The minimum absolute atomic E-state index is 0.149. The van der Waals surface area contributed by atoms with Gasteiger partial charge in [0.25, 0.3) is 0 Å². The molecule has 5 heteroatoms. The summed E-state index contributed by atoms with van der Waals surface area (Å²) in [5, 5.41) is 0. The molecule has 1 heterocycles. The molecule has 1 aliphatic rings. The Kier molecular flexibility index (Phi) is 2.59. The number of nitrogens with two attached hydrogens (primary N) is 1. The van der Waals surface area contributed by atoms with Crippen molar-refractivity contribution < 1.29 is 9.59 Å². The highest BCUT2D eigenvalue weighted by Crippen LogP contribution is 2.31. The van der Waals surface area contributed by atoms with Crippen LogP contribution in [0.1, 0.15) is 26.7 Å². The van der Waals surface area contributed by atoms with Crippen molar-refractivity contribution in [1.82, 2.24) is 4.90 Å². The van der Waals surface area contributed by atoms with Crippen LogP contribution in [0.3, 0.4) is 0 Å². The van der Waals surface area contributed by atoms with Crippen molar-refractivity contribution in [2.75, 3.05) is 7.05 Å². The van der Waals surface area contributed by atoms with E-state index >= 15 is 0 Å². The van der Waals surface area contributed by atoms with Gasteiger partial charge in [-0.2, -0.15) is 4.99 Å². The van der Waals surface area contributed by atoms with Crippen LogP contribution in [0.15, 0.2) is 4.99 Å². The van der Waals surface area contributed by atoms with Gasteiger partial charge >= 0.3 is 6.03 Å². The number of carbonyl (C=O) groups is 2. The molecular formula is C9H15N3O2. The Balaban J connectivity index is 3.24. The standard InChI is InChI=1S/C9H15N3O2/c1-4-9(5-2)6(10)11-8(14)12(3)7(9)13/h4-5H2,1-3H3,(H2,10,11,14). The second-order valence-corrected chi connectivity index (χ2v) is 3.43. The van der Waals surface area contributed by atoms with Crippen LogP contribution < -0.4 is 5.73 Å². The molecule has 0 atom stereocenters. The maximum atomic E-state index is 11.9. The molecule has 1 rings (SSSR count). The van der Waals surface area contributed by atoms with Crippen molar-refractivity contribution >= 4 is 17.8 Å². The first-order chi connectivity index (χ1) is 6.49. The number of hydrogen-bond acceptors (Lipinski definition) is 3. The van der Waals surface area contributed by atoms with Crippen molar-refractivity contribution in [3.8, 4) is 0 Å². The fraction of sp³-hybridized carbons (Fsp3) is 0.667. The molecular weight excluding hydrogens is 182 g/mol. The normalized spacial score (nSPS) is 21.1. The van der Waals surface area contributed by atoms with Crippen molar-refractivity contribution in [2.45, 2.75) is 26.7 Å². The van der Waals surface area contributed by atoms with Crippen LogP contribution in [0.2, 0.25) is 0 Å². The summed E-state index contributed by atoms with van der Waals surface area (Å²) in [6.45, 7) is 3.74. The molecule has 5 nitrogen and oxygen atoms in total. The lowest BCUT2D eigenvalue weighted by atomic mass is 9.79. The average Bonchev–Trinajstić information content (AvgIpc) is 2.17. The molecule has 14 heavy (non-hydrogen) atoms. The highest BCUT2D eigenvalue weighted by atomic mass is 16.2. The molecule has 78 valence electrons. The van der Waals surface area contributed by atoms with Crippen molar-refractivity contribution in [3.63, 3.8) is 0 Å². The minimum Gasteiger partial charge on any atom is -0.386 e. The van der Waals surface area contributed by atoms with Crippen molar-refractivity contribution in [3.05, 3.63) is 0 Å². The molecule has 0 aromatic rings. The van der Waals surface area contributed by atoms with E-state index in [2.05, 4.69) is 4.99 Å². The average molecular weight is 197 g/mol. The van der Waals surface area contributed by atoms with Gasteiger partial charge in [-0.25, -0.2) is 4.79 Å². The van der Waals surface area contributed by atoms with Gasteiger partial charge in [0.1, 0.15) is 11.3 Å². The molecule has 0 aliphatic carbocycles. The first-order valence-corrected chi connectivity index (χ1v) is 4.66. The third-order valence-corrected chi connectivity index (χ3v) is 2.91. The number of amidine groups is 1. The molecule has 0 saturated heterocycles. The molecule has 0 unspecified atom stereocenters. The van der Waals surface area contributed by atoms with Crippen LogP contribution in [0.5, 0.6) is 0 Å². The number of urea groups is 1. The number of imide groups is 1. The summed E-state index contributed by atoms with van der Waals surface area (Å²) >= 11 is 0. The van der Waals surface area contributed by atoms with E-state index in [9.17, 15) is 9.59 Å². The van der Waals surface area contributed by atoms with Gasteiger partial charge in [-0.3, -0.25) is 9.69 Å². The van der Waals surface area contributed by atoms with E-state index < -0.39 is 11.4 Å². The third-order valence-electron chi connectivity index (χ3n) is 2.91. The topological polar surface area (TPSA) is 75.8 Å². The van der Waals surface area contributed by atoms with Crippen molar-refractivity contribution in [1.29, 1.82) is 0 Å². The largest absolute Gasteiger partial charge is 0.386 e. The number of nitrogens with zero attached hydrogens (tertiary/aromatic N) is 2. The van der Waals surface area contributed by atoms with Gasteiger partial charge in [0, 0.05) is 7.05 Å². The summed E-state index contributed by atoms with van der Waals surface area (Å²) in [5.41, 5.74) is 4.88. The van der Waals surface area contributed by atoms with Crippen LogP contribution in [0.25, 0.3) is 0 Å². The summed E-state index contributed by atoms with van der Waals surface area (Å²) in [5.74, 6) is -0.101. The van der Waals surface area contributed by atoms with Crippen molar-refractivity contribution in [2.24, 2.45) is 16.1 Å². The number of carbonyl (C=O) groups excluding carboxylic acids is 2. The van der Waals surface area contributed by atoms with E-state index in [1.54, 1.807) is 0 Å². The number of hydrogen-bond donors (Lipinski definition) is 1. The van der Waals surface area contributed by atoms with Gasteiger partial charge in [0.05, 0.1) is 0 Å². The predicted octanol–water partition coefficient (Wildman–Crippen LogP) is 0.742. The van der Waals surface area contributed by atoms with Gasteiger partial charge in [-0.05, 0) is 12.8 Å². The van der Waals surface area contributed by atoms with E-state index in [4.69, 9.17) is 5.73 Å². The van der Waals surface area contributed by atoms with Crippen LogP contribution in [-0.4, -0.2) is 29.7 Å². The molecule has 0 aromatic heterocycles. The van der Waals surface area contributed by atoms with Gasteiger partial charge < -0.3 is 5.73 Å². The Labute approximate surface area is 83.0 Å². The Morgan fingerprint density at radius 1 is 1.36 bits per heavy atom. The summed E-state index contributed by atoms with van der Waals surface area (Å²) in [7, 11) is 1.43. The zero-order valence-electron chi connectivity index (χ0n) is 8.70. The monoisotopic (exact) mass is 197 g/mol. The minimum atomic E-state index is -0.775. The summed E-state index contributed by atoms with van der Waals surface area (Å²) in [6, 6.07) is -0.579. The lowest BCUT2D eigenvalue weighted by Gasteiger charge is -2.35. The summed E-state index contributed by atoms with van der Waals surface area (Å²) in [4.78, 5) is 27.7. The van der Waals surface area contributed by atoms with Gasteiger partial charge in [0.2, 0.25) is 5.91 Å². The second-order valence-electron chi connectivity index (χ2n) is 3.43. The Hall–Kier alpha value is -1.39. The smallest absolute Gasteiger partial charge is 0.351 e. The maximum absolute atomic E-state index is 11.9. The molecule has 0 saturated carbocycles. The fourth-order valence-electron chi connectivity index (χ4n) is 1.72. The lowest BCUT2D eigenvalue weighted by molar-refractivity contribution is -0.134. The maximum Gasteiger partial charge on any atom is 0.351 e. The number of rotatable bonds is 2. The molecule has 0 bridgehead atoms. The molecule has 0 spiro atoms. The van der Waals surface area contributed by atoms with Gasteiger partial charge in [-0.1, -0.05) is 13.8 Å². The predicted molar refractivity (Wildman–Crippen MR) is 52.8 cm³/mol. The van der Waals surface area contributed by atoms with Gasteiger partial charge in [0.15, 0.2) is 0 Å². The molecule has 1 aliphatic heterocycles. The molecule has 2 N–H and O–H groups in total. The van der Waals surface area contributed by atoms with Crippen LogP contribution in [0.4, 0.5) is 4.79 Å². The molecule has 3 amide bonds. The third kappa shape index (κ3) is 1.20. The number of aliphatic imine (C=N–C) groups is 1. The molecule has 0 aromatic carbocycles. The Morgan fingerprint density at radius 3 is 2.29 bits per heavy atom. The zero-order chi connectivity index (χ0) is 10.9. The lowest BCUT2D eigenvalue weighted by Crippen LogP contribution is -2.55. The van der Waals surface area contributed by atoms with E-state index in [0.717, 1.165) is 4.90 Å². The van der Waals surface area contributed by atoms with Crippen LogP contribution >= 0.6 is 0 Å². The van der Waals surface area contributed by atoms with E-state index in [-0.39, 0.29) is 11.7 Å². The molecule has 0 radical (unpaired) electrons. The van der Waals surface area contributed by atoms with E-state index in [1.165, 1.54) is 7.05 Å². The highest BCUT2D eigenvalue weighted by Gasteiger charge is 2.46. The van der Waals surface area contributed by atoms with E-state index in [0.29, 0.717) is 12.8 Å². The summed E-state index contributed by atoms with van der Waals surface area (Å²) in [6.07, 6.45) is 1.13. The van der Waals surface area contributed by atoms with Crippen LogP contribution in [0, 0.1) is 5.41 Å². The quantitative estimate of drug-likeness (QED) is 0.709. The zero-order valence-corrected chi connectivity index (χ0v) is 8.70. The Bertz CT molecular complexity index is 305. The first-order valence-electron chi connectivity index (χ1n) is 4.66. The van der Waals surface area contributed by atoms with Crippen LogP contribution in [-0.2, 0) is 4.79 Å². The Morgan fingerprint density at radius 2 is 1.86 bits per heavy atom.